The molecule has 1 aliphatic carbocycles. The van der Waals surface area contributed by atoms with Crippen molar-refractivity contribution in [3.63, 3.8) is 0 Å². The number of rotatable bonds is 1. The molecule has 0 saturated heterocycles. The Labute approximate surface area is 95.6 Å². The first kappa shape index (κ1) is 12.3. The Morgan fingerprint density at radius 1 is 1.40 bits per heavy atom. The average molecular weight is 229 g/mol. The lowest BCUT2D eigenvalue weighted by atomic mass is 9.71. The number of halogens is 1. The molecule has 3 heteroatoms. The van der Waals surface area contributed by atoms with E-state index >= 15 is 0 Å². The van der Waals surface area contributed by atoms with Gasteiger partial charge in [0, 0.05) is 11.1 Å². The van der Waals surface area contributed by atoms with Crippen LogP contribution in [0.2, 0.25) is 0 Å². The molecule has 0 unspecified atom stereocenters. The van der Waals surface area contributed by atoms with Crippen LogP contribution in [0.3, 0.4) is 0 Å². The number of aliphatic hydroxyl groups is 1. The lowest BCUT2D eigenvalue weighted by Gasteiger charge is -2.34. The van der Waals surface area contributed by atoms with Crippen LogP contribution >= 0.6 is 11.6 Å². The van der Waals surface area contributed by atoms with Gasteiger partial charge in [0.1, 0.15) is 6.29 Å². The Morgan fingerprint density at radius 3 is 2.40 bits per heavy atom. The largest absolute Gasteiger partial charge is 0.515 e. The molecule has 0 aliphatic heterocycles. The topological polar surface area (TPSA) is 37.3 Å². The number of carbonyl (C=O) groups is 1. The summed E-state index contributed by atoms with van der Waals surface area (Å²) in [5.74, 6) is 0.346. The molecule has 84 valence electrons. The van der Waals surface area contributed by atoms with Crippen LogP contribution < -0.4 is 0 Å². The molecule has 0 aromatic heterocycles. The number of allylic oxidation sites excluding steroid dienone is 3. The Kier molecular flexibility index (Phi) is 3.61. The molecule has 0 heterocycles. The van der Waals surface area contributed by atoms with Crippen LogP contribution in [0, 0.1) is 11.3 Å². The van der Waals surface area contributed by atoms with Gasteiger partial charge in [0.05, 0.1) is 11.3 Å². The molecule has 0 saturated carbocycles. The molecule has 0 radical (unpaired) electrons. The lowest BCUT2D eigenvalue weighted by molar-refractivity contribution is -0.105. The zero-order valence-corrected chi connectivity index (χ0v) is 10.1. The maximum atomic E-state index is 10.9. The van der Waals surface area contributed by atoms with Crippen LogP contribution in [0.1, 0.15) is 33.6 Å². The summed E-state index contributed by atoms with van der Waals surface area (Å²) in [5, 5.41) is 9.49. The van der Waals surface area contributed by atoms with Crippen LogP contribution in [-0.4, -0.2) is 11.4 Å². The number of aliphatic hydroxyl groups excluding tert-OH is 1. The van der Waals surface area contributed by atoms with Gasteiger partial charge < -0.3 is 5.11 Å². The second-order valence-electron chi connectivity index (χ2n) is 5.08. The van der Waals surface area contributed by atoms with Crippen molar-refractivity contribution in [2.24, 2.45) is 11.3 Å². The van der Waals surface area contributed by atoms with E-state index in [0.717, 1.165) is 19.0 Å². The summed E-state index contributed by atoms with van der Waals surface area (Å²) in [7, 11) is 0. The van der Waals surface area contributed by atoms with Crippen molar-refractivity contribution in [3.8, 4) is 0 Å². The quantitative estimate of drug-likeness (QED) is 0.550. The van der Waals surface area contributed by atoms with Gasteiger partial charge in [-0.15, -0.1) is 0 Å². The van der Waals surface area contributed by atoms with E-state index in [4.69, 9.17) is 16.7 Å². The molecule has 0 aromatic carbocycles. The number of hydrogen-bond donors (Lipinski definition) is 1. The highest BCUT2D eigenvalue weighted by molar-refractivity contribution is 6.33. The molecule has 0 amide bonds. The minimum absolute atomic E-state index is 0.111. The summed E-state index contributed by atoms with van der Waals surface area (Å²) in [6.45, 7) is 6.40. The van der Waals surface area contributed by atoms with Crippen molar-refractivity contribution in [2.45, 2.75) is 33.6 Å². The van der Waals surface area contributed by atoms with E-state index in [1.165, 1.54) is 0 Å². The SMILES string of the molecule is CC(C)(C)[C@H]1CC(C=O)=C(Cl)/C(=C/O)C1. The average Bonchev–Trinajstić information content (AvgIpc) is 2.16. The van der Waals surface area contributed by atoms with Crippen LogP contribution in [0.15, 0.2) is 22.4 Å². The first-order chi connectivity index (χ1) is 6.90. The Bertz CT molecular complexity index is 321. The van der Waals surface area contributed by atoms with Crippen molar-refractivity contribution in [3.05, 3.63) is 22.4 Å². The highest BCUT2D eigenvalue weighted by Crippen LogP contribution is 2.43. The molecule has 0 fully saturated rings. The minimum Gasteiger partial charge on any atom is -0.515 e. The standard InChI is InChI=1S/C12H17ClO2/c1-12(2,3)10-4-8(6-14)11(13)9(5-10)7-15/h6-7,10,14H,4-5H2,1-3H3/b8-6+/t10-/m1/s1. The van der Waals surface area contributed by atoms with Crippen molar-refractivity contribution in [2.75, 3.05) is 0 Å². The summed E-state index contributed by atoms with van der Waals surface area (Å²) in [5.41, 5.74) is 1.38. The molecule has 1 rings (SSSR count). The normalized spacial score (nSPS) is 25.9. The molecule has 2 nitrogen and oxygen atoms in total. The second kappa shape index (κ2) is 4.40. The van der Waals surface area contributed by atoms with E-state index in [1.54, 1.807) is 0 Å². The monoisotopic (exact) mass is 228 g/mol. The van der Waals surface area contributed by atoms with Crippen molar-refractivity contribution in [1.29, 1.82) is 0 Å². The Morgan fingerprint density at radius 2 is 2.00 bits per heavy atom. The summed E-state index contributed by atoms with van der Waals surface area (Å²) < 4.78 is 0. The molecule has 0 spiro atoms. The van der Waals surface area contributed by atoms with E-state index in [9.17, 15) is 4.79 Å². The van der Waals surface area contributed by atoms with Crippen molar-refractivity contribution >= 4 is 17.9 Å². The molecule has 0 aromatic rings. The first-order valence-corrected chi connectivity index (χ1v) is 5.45. The first-order valence-electron chi connectivity index (χ1n) is 5.07. The summed E-state index contributed by atoms with van der Waals surface area (Å²) in [6, 6.07) is 0. The summed E-state index contributed by atoms with van der Waals surface area (Å²) in [6.07, 6.45) is 3.24. The van der Waals surface area contributed by atoms with E-state index in [-0.39, 0.29) is 5.41 Å². The van der Waals surface area contributed by atoms with Gasteiger partial charge in [-0.3, -0.25) is 4.79 Å². The van der Waals surface area contributed by atoms with Gasteiger partial charge in [-0.05, 0) is 24.2 Å². The zero-order valence-electron chi connectivity index (χ0n) is 9.38. The minimum atomic E-state index is 0.111. The van der Waals surface area contributed by atoms with Gasteiger partial charge in [-0.25, -0.2) is 0 Å². The van der Waals surface area contributed by atoms with E-state index < -0.39 is 0 Å². The maximum absolute atomic E-state index is 10.9. The predicted molar refractivity (Wildman–Crippen MR) is 61.8 cm³/mol. The van der Waals surface area contributed by atoms with E-state index in [1.807, 2.05) is 0 Å². The van der Waals surface area contributed by atoms with Crippen LogP contribution in [-0.2, 0) is 4.79 Å². The molecular formula is C12H17ClO2. The Balaban J connectivity index is 3.05. The van der Waals surface area contributed by atoms with Crippen molar-refractivity contribution in [1.82, 2.24) is 0 Å². The third kappa shape index (κ3) is 2.63. The molecular weight excluding hydrogens is 212 g/mol. The highest BCUT2D eigenvalue weighted by atomic mass is 35.5. The van der Waals surface area contributed by atoms with E-state index in [0.29, 0.717) is 28.5 Å². The van der Waals surface area contributed by atoms with Gasteiger partial charge in [0.2, 0.25) is 0 Å². The number of hydrogen-bond acceptors (Lipinski definition) is 2. The summed E-state index contributed by atoms with van der Waals surface area (Å²) in [4.78, 5) is 10.9. The fourth-order valence-electron chi connectivity index (χ4n) is 1.81. The van der Waals surface area contributed by atoms with Gasteiger partial charge in [0.15, 0.2) is 0 Å². The fraction of sp³-hybridized carbons (Fsp3) is 0.583. The molecule has 15 heavy (non-hydrogen) atoms. The zero-order chi connectivity index (χ0) is 11.6. The van der Waals surface area contributed by atoms with E-state index in [2.05, 4.69) is 20.8 Å². The van der Waals surface area contributed by atoms with Crippen molar-refractivity contribution < 1.29 is 9.90 Å². The molecule has 1 atom stereocenters. The molecule has 1 N–H and O–H groups in total. The van der Waals surface area contributed by atoms with Gasteiger partial charge in [-0.2, -0.15) is 0 Å². The number of aldehydes is 1. The highest BCUT2D eigenvalue weighted by Gasteiger charge is 2.31. The lowest BCUT2D eigenvalue weighted by Crippen LogP contribution is -2.25. The maximum Gasteiger partial charge on any atom is 0.147 e. The fourth-order valence-corrected chi connectivity index (χ4v) is 2.06. The Hall–Kier alpha value is -0.760. The predicted octanol–water partition coefficient (Wildman–Crippen LogP) is 3.58. The molecule has 0 bridgehead atoms. The van der Waals surface area contributed by atoms with Crippen LogP contribution in [0.25, 0.3) is 0 Å². The third-order valence-corrected chi connectivity index (χ3v) is 3.50. The third-order valence-electron chi connectivity index (χ3n) is 3.02. The molecule has 1 aliphatic rings. The van der Waals surface area contributed by atoms with Gasteiger partial charge in [0.25, 0.3) is 0 Å². The second-order valence-corrected chi connectivity index (χ2v) is 5.46. The smallest absolute Gasteiger partial charge is 0.147 e. The van der Waals surface area contributed by atoms with Crippen LogP contribution in [0.4, 0.5) is 0 Å². The van der Waals surface area contributed by atoms with Gasteiger partial charge >= 0.3 is 0 Å². The number of carbonyl (C=O) groups excluding carboxylic acids is 1. The van der Waals surface area contributed by atoms with Crippen LogP contribution in [0.5, 0.6) is 0 Å². The van der Waals surface area contributed by atoms with Gasteiger partial charge in [-0.1, -0.05) is 32.4 Å². The summed E-state index contributed by atoms with van der Waals surface area (Å²) >= 11 is 5.98.